The van der Waals surface area contributed by atoms with Crippen LogP contribution in [0.3, 0.4) is 0 Å². The van der Waals surface area contributed by atoms with Crippen LogP contribution in [0.2, 0.25) is 0 Å². The summed E-state index contributed by atoms with van der Waals surface area (Å²) in [4.78, 5) is 12.8. The zero-order chi connectivity index (χ0) is 14.5. The van der Waals surface area contributed by atoms with E-state index in [9.17, 15) is 10.1 Å². The van der Waals surface area contributed by atoms with Crippen molar-refractivity contribution in [2.45, 2.75) is 20.0 Å². The van der Waals surface area contributed by atoms with Gasteiger partial charge < -0.3 is 10.1 Å². The molecule has 1 aliphatic heterocycles. The van der Waals surface area contributed by atoms with Crippen LogP contribution >= 0.6 is 0 Å². The zero-order valence-corrected chi connectivity index (χ0v) is 12.0. The number of hydrogen-bond acceptors (Lipinski definition) is 5. The van der Waals surface area contributed by atoms with Crippen molar-refractivity contribution >= 4 is 11.4 Å². The maximum Gasteiger partial charge on any atom is 0.271 e. The van der Waals surface area contributed by atoms with Crippen molar-refractivity contribution in [1.29, 1.82) is 0 Å². The molecule has 6 nitrogen and oxygen atoms in total. The Labute approximate surface area is 118 Å². The molecule has 0 amide bonds. The lowest BCUT2D eigenvalue weighted by Crippen LogP contribution is -2.45. The van der Waals surface area contributed by atoms with E-state index in [4.69, 9.17) is 4.74 Å². The first-order chi connectivity index (χ1) is 9.58. The zero-order valence-electron chi connectivity index (χ0n) is 12.0. The summed E-state index contributed by atoms with van der Waals surface area (Å²) in [6.07, 6.45) is 0.128. The summed E-state index contributed by atoms with van der Waals surface area (Å²) >= 11 is 0. The average Bonchev–Trinajstić information content (AvgIpc) is 2.44. The average molecular weight is 279 g/mol. The number of hydrogen-bond donors (Lipinski definition) is 1. The third kappa shape index (κ3) is 3.91. The molecule has 6 heteroatoms. The molecule has 1 N–H and O–H groups in total. The van der Waals surface area contributed by atoms with Gasteiger partial charge in [-0.3, -0.25) is 15.0 Å². The summed E-state index contributed by atoms with van der Waals surface area (Å²) in [5, 5.41) is 14.1. The molecule has 1 saturated heterocycles. The van der Waals surface area contributed by atoms with Crippen LogP contribution in [0.5, 0.6) is 0 Å². The van der Waals surface area contributed by atoms with Crippen LogP contribution in [-0.4, -0.2) is 48.7 Å². The number of nitro benzene ring substituents is 1. The van der Waals surface area contributed by atoms with Crippen molar-refractivity contribution in [2.24, 2.45) is 0 Å². The third-order valence-electron chi connectivity index (χ3n) is 3.48. The highest BCUT2D eigenvalue weighted by Gasteiger charge is 2.19. The minimum absolute atomic E-state index is 0.118. The number of ether oxygens (including phenoxy) is 1. The lowest BCUT2D eigenvalue weighted by atomic mass is 10.2. The minimum Gasteiger partial charge on any atom is -0.382 e. The molecular formula is C14H21N3O3. The fourth-order valence-electron chi connectivity index (χ4n) is 2.39. The van der Waals surface area contributed by atoms with Crippen molar-refractivity contribution in [3.05, 3.63) is 33.9 Å². The van der Waals surface area contributed by atoms with E-state index in [1.54, 1.807) is 12.1 Å². The maximum atomic E-state index is 10.8. The van der Waals surface area contributed by atoms with Crippen molar-refractivity contribution in [1.82, 2.24) is 4.90 Å². The van der Waals surface area contributed by atoms with Gasteiger partial charge in [-0.05, 0) is 25.1 Å². The lowest BCUT2D eigenvalue weighted by molar-refractivity contribution is -0.384. The monoisotopic (exact) mass is 279 g/mol. The molecule has 1 atom stereocenters. The molecule has 0 spiro atoms. The number of non-ortho nitro benzene ring substituents is 1. The van der Waals surface area contributed by atoms with Gasteiger partial charge in [-0.2, -0.15) is 0 Å². The molecular weight excluding hydrogens is 258 g/mol. The van der Waals surface area contributed by atoms with Gasteiger partial charge in [-0.1, -0.05) is 6.92 Å². The number of likely N-dealkylation sites (N-methyl/N-ethyl adjacent to an activating group) is 1. The largest absolute Gasteiger partial charge is 0.382 e. The van der Waals surface area contributed by atoms with Gasteiger partial charge >= 0.3 is 0 Å². The number of rotatable bonds is 5. The second-order valence-corrected chi connectivity index (χ2v) is 5.08. The van der Waals surface area contributed by atoms with Crippen LogP contribution in [0.1, 0.15) is 12.5 Å². The van der Waals surface area contributed by atoms with Crippen LogP contribution in [0.4, 0.5) is 11.4 Å². The van der Waals surface area contributed by atoms with Crippen LogP contribution < -0.4 is 5.32 Å². The molecule has 1 unspecified atom stereocenters. The molecule has 0 aromatic heterocycles. The van der Waals surface area contributed by atoms with E-state index in [0.29, 0.717) is 6.54 Å². The molecule has 0 bridgehead atoms. The Morgan fingerprint density at radius 2 is 2.30 bits per heavy atom. The first kappa shape index (κ1) is 14.7. The first-order valence-corrected chi connectivity index (χ1v) is 6.92. The van der Waals surface area contributed by atoms with Gasteiger partial charge in [-0.15, -0.1) is 0 Å². The minimum atomic E-state index is -0.367. The molecule has 1 heterocycles. The summed E-state index contributed by atoms with van der Waals surface area (Å²) in [7, 11) is 0. The fraction of sp³-hybridized carbons (Fsp3) is 0.571. The molecule has 1 aromatic rings. The van der Waals surface area contributed by atoms with E-state index in [0.717, 1.165) is 37.5 Å². The second-order valence-electron chi connectivity index (χ2n) is 5.08. The number of nitro groups is 1. The molecule has 0 radical (unpaired) electrons. The summed E-state index contributed by atoms with van der Waals surface area (Å²) in [5.74, 6) is 0. The highest BCUT2D eigenvalue weighted by Crippen LogP contribution is 2.20. The van der Waals surface area contributed by atoms with E-state index in [2.05, 4.69) is 17.1 Å². The second kappa shape index (κ2) is 6.67. The van der Waals surface area contributed by atoms with Gasteiger partial charge in [0.1, 0.15) is 0 Å². The Bertz CT molecular complexity index is 479. The smallest absolute Gasteiger partial charge is 0.271 e. The predicted octanol–water partition coefficient (Wildman–Crippen LogP) is 2.04. The highest BCUT2D eigenvalue weighted by atomic mass is 16.6. The maximum absolute atomic E-state index is 10.8. The van der Waals surface area contributed by atoms with E-state index in [-0.39, 0.29) is 16.7 Å². The van der Waals surface area contributed by atoms with Crippen LogP contribution in [0.15, 0.2) is 18.2 Å². The Morgan fingerprint density at radius 3 is 3.00 bits per heavy atom. The van der Waals surface area contributed by atoms with Gasteiger partial charge in [0.25, 0.3) is 5.69 Å². The van der Waals surface area contributed by atoms with Crippen molar-refractivity contribution < 1.29 is 9.66 Å². The number of aryl methyl sites for hydroxylation is 1. The number of anilines is 1. The summed E-state index contributed by atoms with van der Waals surface area (Å²) in [6, 6.07) is 5.04. The van der Waals surface area contributed by atoms with E-state index in [1.807, 2.05) is 13.0 Å². The predicted molar refractivity (Wildman–Crippen MR) is 78.2 cm³/mol. The number of benzene rings is 1. The molecule has 2 rings (SSSR count). The molecule has 1 aliphatic rings. The summed E-state index contributed by atoms with van der Waals surface area (Å²) in [6.45, 7) is 8.30. The number of morpholine rings is 1. The van der Waals surface area contributed by atoms with Gasteiger partial charge in [0.15, 0.2) is 0 Å². The molecule has 0 aliphatic carbocycles. The Morgan fingerprint density at radius 1 is 1.50 bits per heavy atom. The number of nitrogens with one attached hydrogen (secondary N) is 1. The van der Waals surface area contributed by atoms with E-state index in [1.165, 1.54) is 0 Å². The van der Waals surface area contributed by atoms with E-state index >= 15 is 0 Å². The summed E-state index contributed by atoms with van der Waals surface area (Å²) < 4.78 is 5.70. The third-order valence-corrected chi connectivity index (χ3v) is 3.48. The Balaban J connectivity index is 1.95. The molecule has 0 saturated carbocycles. The first-order valence-electron chi connectivity index (χ1n) is 6.92. The molecule has 20 heavy (non-hydrogen) atoms. The number of nitrogens with zero attached hydrogens (tertiary/aromatic N) is 2. The van der Waals surface area contributed by atoms with Crippen molar-refractivity contribution in [3.8, 4) is 0 Å². The Kier molecular flexibility index (Phi) is 4.92. The molecule has 110 valence electrons. The van der Waals surface area contributed by atoms with Gasteiger partial charge in [-0.25, -0.2) is 0 Å². The van der Waals surface area contributed by atoms with Gasteiger partial charge in [0.2, 0.25) is 0 Å². The normalized spacial score (nSPS) is 19.8. The molecule has 1 aromatic carbocycles. The van der Waals surface area contributed by atoms with Crippen LogP contribution in [-0.2, 0) is 4.74 Å². The SMILES string of the molecule is CCN1CCOC(CNc2cc(C)cc([N+](=O)[O-])c2)C1. The standard InChI is InChI=1S/C14H21N3O3/c1-3-16-4-5-20-14(10-16)9-15-12-6-11(2)7-13(8-12)17(18)19/h6-8,14-15H,3-5,9-10H2,1-2H3. The molecule has 1 fully saturated rings. The topological polar surface area (TPSA) is 67.6 Å². The van der Waals surface area contributed by atoms with Crippen molar-refractivity contribution in [3.63, 3.8) is 0 Å². The van der Waals surface area contributed by atoms with Crippen LogP contribution in [0, 0.1) is 17.0 Å². The Hall–Kier alpha value is -1.66. The lowest BCUT2D eigenvalue weighted by Gasteiger charge is -2.32. The highest BCUT2D eigenvalue weighted by molar-refractivity contribution is 5.53. The van der Waals surface area contributed by atoms with E-state index < -0.39 is 0 Å². The fourth-order valence-corrected chi connectivity index (χ4v) is 2.39. The van der Waals surface area contributed by atoms with Gasteiger partial charge in [0, 0.05) is 37.5 Å². The van der Waals surface area contributed by atoms with Gasteiger partial charge in [0.05, 0.1) is 17.6 Å². The van der Waals surface area contributed by atoms with Crippen LogP contribution in [0.25, 0.3) is 0 Å². The van der Waals surface area contributed by atoms with Crippen molar-refractivity contribution in [2.75, 3.05) is 38.1 Å². The quantitative estimate of drug-likeness (QED) is 0.660. The summed E-state index contributed by atoms with van der Waals surface area (Å²) in [5.41, 5.74) is 1.77.